The van der Waals surface area contributed by atoms with Crippen LogP contribution in [-0.4, -0.2) is 35.5 Å². The van der Waals surface area contributed by atoms with Gasteiger partial charge in [-0.1, -0.05) is 42.1 Å². The van der Waals surface area contributed by atoms with Gasteiger partial charge in [-0.25, -0.2) is 9.97 Å². The average Bonchev–Trinajstić information content (AvgIpc) is 2.60. The zero-order valence-corrected chi connectivity index (χ0v) is 14.4. The van der Waals surface area contributed by atoms with Crippen LogP contribution in [0.3, 0.4) is 0 Å². The number of carbonyl (C=O) groups excluding carboxylic acids is 1. The molecule has 7 heteroatoms. The highest BCUT2D eigenvalue weighted by Gasteiger charge is 2.18. The highest BCUT2D eigenvalue weighted by molar-refractivity contribution is 7.99. The predicted octanol–water partition coefficient (Wildman–Crippen LogP) is 2.39. The fraction of sp³-hybridized carbons (Fsp3) is 0.294. The summed E-state index contributed by atoms with van der Waals surface area (Å²) < 4.78 is 4.98. The van der Waals surface area contributed by atoms with Gasteiger partial charge in [-0.15, -0.1) is 0 Å². The fourth-order valence-electron chi connectivity index (χ4n) is 2.08. The number of esters is 1. The van der Waals surface area contributed by atoms with Crippen molar-refractivity contribution in [1.82, 2.24) is 15.3 Å². The number of hydrogen-bond donors (Lipinski definition) is 1. The van der Waals surface area contributed by atoms with Gasteiger partial charge in [0.15, 0.2) is 5.16 Å². The molecule has 24 heavy (non-hydrogen) atoms. The number of nitrogens with one attached hydrogen (secondary N) is 1. The Kier molecular flexibility index (Phi) is 6.73. The SMILES string of the molecule is CCOC(=O)Cc1nc(SCNC)nc(-c2ccccc2)c1C#N. The molecule has 0 spiro atoms. The molecule has 0 saturated heterocycles. The highest BCUT2D eigenvalue weighted by atomic mass is 32.2. The topological polar surface area (TPSA) is 87.9 Å². The minimum absolute atomic E-state index is 0.0494. The van der Waals surface area contributed by atoms with E-state index in [1.54, 1.807) is 6.92 Å². The van der Waals surface area contributed by atoms with Crippen molar-refractivity contribution < 1.29 is 9.53 Å². The first-order valence-electron chi connectivity index (χ1n) is 7.49. The van der Waals surface area contributed by atoms with Gasteiger partial charge in [-0.3, -0.25) is 4.79 Å². The maximum atomic E-state index is 11.8. The summed E-state index contributed by atoms with van der Waals surface area (Å²) in [6.07, 6.45) is -0.0494. The Hall–Kier alpha value is -2.43. The van der Waals surface area contributed by atoms with Crippen LogP contribution in [0.15, 0.2) is 35.5 Å². The maximum absolute atomic E-state index is 11.8. The third kappa shape index (κ3) is 4.54. The molecule has 2 aromatic rings. The molecule has 0 saturated carbocycles. The lowest BCUT2D eigenvalue weighted by molar-refractivity contribution is -0.142. The quantitative estimate of drug-likeness (QED) is 0.358. The first-order valence-corrected chi connectivity index (χ1v) is 8.47. The fourth-order valence-corrected chi connectivity index (χ4v) is 2.69. The zero-order valence-electron chi connectivity index (χ0n) is 13.6. The summed E-state index contributed by atoms with van der Waals surface area (Å²) in [5.41, 5.74) is 2.05. The predicted molar refractivity (Wildman–Crippen MR) is 92.3 cm³/mol. The molecule has 1 aromatic heterocycles. The number of aromatic nitrogens is 2. The van der Waals surface area contributed by atoms with Crippen LogP contribution in [0.5, 0.6) is 0 Å². The molecule has 0 amide bonds. The van der Waals surface area contributed by atoms with Crippen LogP contribution in [0, 0.1) is 11.3 Å². The molecule has 1 N–H and O–H groups in total. The van der Waals surface area contributed by atoms with E-state index in [-0.39, 0.29) is 6.42 Å². The molecular weight excluding hydrogens is 324 g/mol. The van der Waals surface area contributed by atoms with Crippen molar-refractivity contribution in [3.05, 3.63) is 41.6 Å². The Balaban J connectivity index is 2.51. The van der Waals surface area contributed by atoms with E-state index in [4.69, 9.17) is 4.74 Å². The Bertz CT molecular complexity index is 744. The van der Waals surface area contributed by atoms with Crippen molar-refractivity contribution in [2.45, 2.75) is 18.5 Å². The van der Waals surface area contributed by atoms with Gasteiger partial charge in [-0.2, -0.15) is 5.26 Å². The van der Waals surface area contributed by atoms with Crippen LogP contribution in [0.25, 0.3) is 11.3 Å². The Morgan fingerprint density at radius 3 is 2.71 bits per heavy atom. The summed E-state index contributed by atoms with van der Waals surface area (Å²) >= 11 is 1.41. The van der Waals surface area contributed by atoms with E-state index >= 15 is 0 Å². The minimum atomic E-state index is -0.406. The van der Waals surface area contributed by atoms with Crippen LogP contribution >= 0.6 is 11.8 Å². The molecule has 0 unspecified atom stereocenters. The molecule has 124 valence electrons. The lowest BCUT2D eigenvalue weighted by Gasteiger charge is -2.11. The molecule has 0 fully saturated rings. The van der Waals surface area contributed by atoms with Gasteiger partial charge >= 0.3 is 5.97 Å². The van der Waals surface area contributed by atoms with Crippen molar-refractivity contribution >= 4 is 17.7 Å². The summed E-state index contributed by atoms with van der Waals surface area (Å²) in [5.74, 6) is 0.218. The van der Waals surface area contributed by atoms with E-state index in [0.717, 1.165) is 5.56 Å². The van der Waals surface area contributed by atoms with Gasteiger partial charge in [0.25, 0.3) is 0 Å². The molecule has 1 aromatic carbocycles. The van der Waals surface area contributed by atoms with Crippen LogP contribution in [0.2, 0.25) is 0 Å². The molecule has 0 aliphatic carbocycles. The molecule has 0 aliphatic rings. The number of nitrogens with zero attached hydrogens (tertiary/aromatic N) is 3. The van der Waals surface area contributed by atoms with Gasteiger partial charge in [0.2, 0.25) is 0 Å². The molecule has 0 aliphatic heterocycles. The second kappa shape index (κ2) is 9.01. The van der Waals surface area contributed by atoms with Crippen LogP contribution in [-0.2, 0) is 16.0 Å². The number of benzene rings is 1. The Morgan fingerprint density at radius 2 is 2.08 bits per heavy atom. The lowest BCUT2D eigenvalue weighted by Crippen LogP contribution is -2.13. The monoisotopic (exact) mass is 342 g/mol. The summed E-state index contributed by atoms with van der Waals surface area (Å²) in [5, 5.41) is 13.1. The van der Waals surface area contributed by atoms with Crippen molar-refractivity contribution in [3.8, 4) is 17.3 Å². The smallest absolute Gasteiger partial charge is 0.311 e. The van der Waals surface area contributed by atoms with Gasteiger partial charge in [0.05, 0.1) is 24.4 Å². The maximum Gasteiger partial charge on any atom is 0.311 e. The largest absolute Gasteiger partial charge is 0.466 e. The van der Waals surface area contributed by atoms with Gasteiger partial charge < -0.3 is 10.1 Å². The molecule has 6 nitrogen and oxygen atoms in total. The average molecular weight is 342 g/mol. The molecular formula is C17H18N4O2S. The number of carbonyl (C=O) groups is 1. The van der Waals surface area contributed by atoms with Crippen LogP contribution < -0.4 is 5.32 Å². The summed E-state index contributed by atoms with van der Waals surface area (Å²) in [6, 6.07) is 11.5. The third-order valence-electron chi connectivity index (χ3n) is 3.09. The van der Waals surface area contributed by atoms with Crippen molar-refractivity contribution in [3.63, 3.8) is 0 Å². The van der Waals surface area contributed by atoms with Gasteiger partial charge in [-0.05, 0) is 14.0 Å². The molecule has 0 bridgehead atoms. The number of thioether (sulfide) groups is 1. The second-order valence-electron chi connectivity index (χ2n) is 4.78. The van der Waals surface area contributed by atoms with Crippen LogP contribution in [0.4, 0.5) is 0 Å². The Labute approximate surface area is 145 Å². The third-order valence-corrected chi connectivity index (χ3v) is 3.96. The van der Waals surface area contributed by atoms with E-state index in [2.05, 4.69) is 21.4 Å². The first kappa shape index (κ1) is 17.9. The Morgan fingerprint density at radius 1 is 1.33 bits per heavy atom. The number of nitriles is 1. The standard InChI is InChI=1S/C17H18N4O2S/c1-3-23-15(22)9-14-13(10-18)16(12-7-5-4-6-8-12)21-17(20-14)24-11-19-2/h4-8,19H,3,9,11H2,1-2H3. The van der Waals surface area contributed by atoms with Crippen LogP contribution in [0.1, 0.15) is 18.2 Å². The second-order valence-corrected chi connectivity index (χ2v) is 5.72. The van der Waals surface area contributed by atoms with E-state index < -0.39 is 5.97 Å². The molecule has 0 radical (unpaired) electrons. The first-order chi connectivity index (χ1) is 11.7. The number of ether oxygens (including phenoxy) is 1. The van der Waals surface area contributed by atoms with Crippen molar-refractivity contribution in [2.24, 2.45) is 0 Å². The van der Waals surface area contributed by atoms with Gasteiger partial charge in [0.1, 0.15) is 11.6 Å². The highest BCUT2D eigenvalue weighted by Crippen LogP contribution is 2.26. The number of hydrogen-bond acceptors (Lipinski definition) is 7. The van der Waals surface area contributed by atoms with Crippen molar-refractivity contribution in [2.75, 3.05) is 19.5 Å². The van der Waals surface area contributed by atoms with E-state index in [1.165, 1.54) is 11.8 Å². The molecule has 2 rings (SSSR count). The minimum Gasteiger partial charge on any atom is -0.466 e. The molecule has 1 heterocycles. The summed E-state index contributed by atoms with van der Waals surface area (Å²) in [7, 11) is 1.83. The lowest BCUT2D eigenvalue weighted by atomic mass is 10.0. The van der Waals surface area contributed by atoms with E-state index in [1.807, 2.05) is 37.4 Å². The van der Waals surface area contributed by atoms with E-state index in [0.29, 0.717) is 34.6 Å². The van der Waals surface area contributed by atoms with Crippen molar-refractivity contribution in [1.29, 1.82) is 5.26 Å². The number of rotatable bonds is 7. The summed E-state index contributed by atoms with van der Waals surface area (Å²) in [4.78, 5) is 20.7. The molecule has 0 atom stereocenters. The van der Waals surface area contributed by atoms with Gasteiger partial charge in [0, 0.05) is 11.4 Å². The normalized spacial score (nSPS) is 10.2. The van der Waals surface area contributed by atoms with E-state index in [9.17, 15) is 10.1 Å². The zero-order chi connectivity index (χ0) is 17.4. The summed E-state index contributed by atoms with van der Waals surface area (Å²) in [6.45, 7) is 2.03.